The summed E-state index contributed by atoms with van der Waals surface area (Å²) in [5, 5.41) is 0. The van der Waals surface area contributed by atoms with Crippen molar-refractivity contribution < 1.29 is 0 Å². The van der Waals surface area contributed by atoms with E-state index in [2.05, 4.69) is 6.58 Å². The van der Waals surface area contributed by atoms with Gasteiger partial charge in [-0.05, 0) is 24.7 Å². The van der Waals surface area contributed by atoms with E-state index in [1.807, 2.05) is 6.08 Å². The predicted molar refractivity (Wildman–Crippen MR) is 44.5 cm³/mol. The number of hydrogen-bond donors (Lipinski definition) is 0. The monoisotopic (exact) mass is 135 g/mol. The van der Waals surface area contributed by atoms with E-state index in [1.54, 1.807) is 6.08 Å². The van der Waals surface area contributed by atoms with Crippen molar-refractivity contribution in [3.05, 3.63) is 25.3 Å². The zero-order valence-corrected chi connectivity index (χ0v) is 6.42. The Labute approximate surface area is 63.6 Å². The average Bonchev–Trinajstić information content (AvgIpc) is 2.74. The molecule has 0 amide bonds. The van der Waals surface area contributed by atoms with Gasteiger partial charge in [-0.15, -0.1) is 6.58 Å². The zero-order chi connectivity index (χ0) is 7.40. The van der Waals surface area contributed by atoms with Crippen LogP contribution in [0.4, 0.5) is 0 Å². The van der Waals surface area contributed by atoms with Crippen LogP contribution in [0.1, 0.15) is 25.7 Å². The Morgan fingerprint density at radius 1 is 1.60 bits per heavy atom. The minimum atomic E-state index is 0.445. The van der Waals surface area contributed by atoms with Crippen LogP contribution in [-0.4, -0.2) is 0 Å². The van der Waals surface area contributed by atoms with Gasteiger partial charge >= 0.3 is 0 Å². The van der Waals surface area contributed by atoms with Gasteiger partial charge in [0, 0.05) is 0 Å². The summed E-state index contributed by atoms with van der Waals surface area (Å²) in [4.78, 5) is 0. The summed E-state index contributed by atoms with van der Waals surface area (Å²) in [6.45, 7) is 9.11. The van der Waals surface area contributed by atoms with Crippen LogP contribution >= 0.6 is 0 Å². The van der Waals surface area contributed by atoms with Gasteiger partial charge in [0.1, 0.15) is 0 Å². The van der Waals surface area contributed by atoms with Crippen LogP contribution in [0.5, 0.6) is 0 Å². The SMILES string of the molecule is [CH]=CC(C=C)CCC1CC1. The summed E-state index contributed by atoms with van der Waals surface area (Å²) in [6.07, 6.45) is 9.09. The first-order valence-corrected chi connectivity index (χ1v) is 4.04. The Hall–Kier alpha value is -0.520. The molecular formula is C10H15. The van der Waals surface area contributed by atoms with Crippen LogP contribution in [-0.2, 0) is 0 Å². The molecule has 55 valence electrons. The quantitative estimate of drug-likeness (QED) is 0.508. The van der Waals surface area contributed by atoms with E-state index in [-0.39, 0.29) is 0 Å². The van der Waals surface area contributed by atoms with Gasteiger partial charge in [-0.3, -0.25) is 0 Å². The number of hydrogen-bond acceptors (Lipinski definition) is 0. The molecule has 1 unspecified atom stereocenters. The van der Waals surface area contributed by atoms with Crippen LogP contribution in [0.2, 0.25) is 0 Å². The summed E-state index contributed by atoms with van der Waals surface area (Å²) in [7, 11) is 0. The van der Waals surface area contributed by atoms with E-state index in [0.717, 1.165) is 5.92 Å². The van der Waals surface area contributed by atoms with E-state index in [0.29, 0.717) is 5.92 Å². The van der Waals surface area contributed by atoms with Gasteiger partial charge in [-0.25, -0.2) is 0 Å². The number of allylic oxidation sites excluding steroid dienone is 2. The molecule has 1 atom stereocenters. The first-order valence-electron chi connectivity index (χ1n) is 4.04. The minimum absolute atomic E-state index is 0.445. The van der Waals surface area contributed by atoms with Gasteiger partial charge < -0.3 is 0 Å². The van der Waals surface area contributed by atoms with Crippen LogP contribution in [0.15, 0.2) is 18.7 Å². The molecular weight excluding hydrogens is 120 g/mol. The molecule has 1 rings (SSSR count). The van der Waals surface area contributed by atoms with Crippen molar-refractivity contribution in [2.75, 3.05) is 0 Å². The van der Waals surface area contributed by atoms with Crippen LogP contribution in [0.25, 0.3) is 0 Å². The Morgan fingerprint density at radius 2 is 2.30 bits per heavy atom. The smallest absolute Gasteiger partial charge is 0.00530 e. The van der Waals surface area contributed by atoms with Crippen molar-refractivity contribution in [2.24, 2.45) is 11.8 Å². The van der Waals surface area contributed by atoms with E-state index < -0.39 is 0 Å². The fraction of sp³-hybridized carbons (Fsp3) is 0.600. The molecule has 0 N–H and O–H groups in total. The fourth-order valence-corrected chi connectivity index (χ4v) is 1.13. The molecule has 0 spiro atoms. The molecule has 0 bridgehead atoms. The maximum atomic E-state index is 5.39. The molecule has 0 aromatic rings. The molecule has 0 aliphatic heterocycles. The lowest BCUT2D eigenvalue weighted by atomic mass is 10.0. The van der Waals surface area contributed by atoms with E-state index >= 15 is 0 Å². The number of rotatable bonds is 5. The van der Waals surface area contributed by atoms with Gasteiger partial charge in [-0.2, -0.15) is 0 Å². The van der Waals surface area contributed by atoms with Crippen molar-refractivity contribution in [1.29, 1.82) is 0 Å². The highest BCUT2D eigenvalue weighted by Gasteiger charge is 2.20. The summed E-state index contributed by atoms with van der Waals surface area (Å²) < 4.78 is 0. The van der Waals surface area contributed by atoms with E-state index in [9.17, 15) is 0 Å². The summed E-state index contributed by atoms with van der Waals surface area (Å²) >= 11 is 0. The second-order valence-corrected chi connectivity index (χ2v) is 3.11. The molecule has 0 heteroatoms. The zero-order valence-electron chi connectivity index (χ0n) is 6.42. The third kappa shape index (κ3) is 2.38. The highest BCUT2D eigenvalue weighted by Crippen LogP contribution is 2.34. The minimum Gasteiger partial charge on any atom is -0.102 e. The highest BCUT2D eigenvalue weighted by atomic mass is 14.3. The largest absolute Gasteiger partial charge is 0.102 e. The fourth-order valence-electron chi connectivity index (χ4n) is 1.13. The van der Waals surface area contributed by atoms with Gasteiger partial charge in [0.15, 0.2) is 0 Å². The third-order valence-corrected chi connectivity index (χ3v) is 2.16. The van der Waals surface area contributed by atoms with Crippen LogP contribution in [0.3, 0.4) is 0 Å². The molecule has 0 aromatic heterocycles. The van der Waals surface area contributed by atoms with Crippen LogP contribution < -0.4 is 0 Å². The Morgan fingerprint density at radius 3 is 2.70 bits per heavy atom. The lowest BCUT2D eigenvalue weighted by Gasteiger charge is -2.03. The molecule has 0 heterocycles. The molecule has 0 nitrogen and oxygen atoms in total. The first-order chi connectivity index (χ1) is 4.86. The second kappa shape index (κ2) is 3.60. The summed E-state index contributed by atoms with van der Waals surface area (Å²) in [5.74, 6) is 1.46. The van der Waals surface area contributed by atoms with Crippen LogP contribution in [0, 0.1) is 18.4 Å². The van der Waals surface area contributed by atoms with Crippen molar-refractivity contribution in [3.63, 3.8) is 0 Å². The Kier molecular flexibility index (Phi) is 2.73. The first kappa shape index (κ1) is 7.59. The average molecular weight is 135 g/mol. The van der Waals surface area contributed by atoms with Crippen molar-refractivity contribution in [1.82, 2.24) is 0 Å². The lowest BCUT2D eigenvalue weighted by molar-refractivity contribution is 0.607. The highest BCUT2D eigenvalue weighted by molar-refractivity contribution is 4.91. The lowest BCUT2D eigenvalue weighted by Crippen LogP contribution is -1.90. The summed E-state index contributed by atoms with van der Waals surface area (Å²) in [5.41, 5.74) is 0. The molecule has 1 aliphatic rings. The van der Waals surface area contributed by atoms with Gasteiger partial charge in [0.2, 0.25) is 0 Å². The molecule has 0 aromatic carbocycles. The van der Waals surface area contributed by atoms with Gasteiger partial charge in [-0.1, -0.05) is 31.6 Å². The maximum absolute atomic E-state index is 5.39. The van der Waals surface area contributed by atoms with Crippen molar-refractivity contribution >= 4 is 0 Å². The molecule has 1 fully saturated rings. The van der Waals surface area contributed by atoms with E-state index in [4.69, 9.17) is 6.58 Å². The second-order valence-electron chi connectivity index (χ2n) is 3.11. The Bertz CT molecular complexity index is 112. The molecule has 1 aliphatic carbocycles. The summed E-state index contributed by atoms with van der Waals surface area (Å²) in [6, 6.07) is 0. The maximum Gasteiger partial charge on any atom is -0.00530 e. The molecule has 1 saturated carbocycles. The normalized spacial score (nSPS) is 20.0. The van der Waals surface area contributed by atoms with E-state index in [1.165, 1.54) is 25.7 Å². The molecule has 0 saturated heterocycles. The predicted octanol–water partition coefficient (Wildman–Crippen LogP) is 2.97. The Balaban J connectivity index is 2.07. The van der Waals surface area contributed by atoms with Gasteiger partial charge in [0.25, 0.3) is 0 Å². The standard InChI is InChI=1S/C10H15/c1-3-9(4-2)5-6-10-7-8-10/h1,3-4,9-10H,2,5-8H2. The molecule has 10 heavy (non-hydrogen) atoms. The molecule has 1 radical (unpaired) electrons. The topological polar surface area (TPSA) is 0 Å². The van der Waals surface area contributed by atoms with Crippen molar-refractivity contribution in [2.45, 2.75) is 25.7 Å². The van der Waals surface area contributed by atoms with Gasteiger partial charge in [0.05, 0.1) is 0 Å². The third-order valence-electron chi connectivity index (χ3n) is 2.16. The van der Waals surface area contributed by atoms with Crippen molar-refractivity contribution in [3.8, 4) is 0 Å².